The summed E-state index contributed by atoms with van der Waals surface area (Å²) in [6.07, 6.45) is 1.40. The van der Waals surface area contributed by atoms with E-state index in [1.165, 1.54) is 17.5 Å². The minimum atomic E-state index is -0.521. The number of pyridine rings is 1. The quantitative estimate of drug-likeness (QED) is 0.707. The normalized spacial score (nSPS) is 10.2. The van der Waals surface area contributed by atoms with Gasteiger partial charge in [0.1, 0.15) is 0 Å². The van der Waals surface area contributed by atoms with Crippen LogP contribution in [-0.4, -0.2) is 9.97 Å². The first-order valence-electron chi connectivity index (χ1n) is 3.59. The highest BCUT2D eigenvalue weighted by atomic mass is 32.1. The summed E-state index contributed by atoms with van der Waals surface area (Å²) in [5, 5.41) is 2.13. The van der Waals surface area contributed by atoms with E-state index in [0.717, 1.165) is 0 Å². The van der Waals surface area contributed by atoms with Crippen molar-refractivity contribution in [1.82, 2.24) is 9.97 Å². The highest BCUT2D eigenvalue weighted by molar-refractivity contribution is 7.13. The van der Waals surface area contributed by atoms with Crippen LogP contribution in [0.4, 0.5) is 9.52 Å². The van der Waals surface area contributed by atoms with Gasteiger partial charge in [-0.2, -0.15) is 4.39 Å². The van der Waals surface area contributed by atoms with Crippen molar-refractivity contribution in [2.75, 3.05) is 5.73 Å². The van der Waals surface area contributed by atoms with Gasteiger partial charge < -0.3 is 5.73 Å². The van der Waals surface area contributed by atoms with Crippen molar-refractivity contribution in [3.8, 4) is 11.3 Å². The number of halogens is 1. The number of hydrogen-bond donors (Lipinski definition) is 1. The Bertz CT molecular complexity index is 427. The molecular formula is C8H6FN3S. The van der Waals surface area contributed by atoms with Gasteiger partial charge in [-0.3, -0.25) is 0 Å². The summed E-state index contributed by atoms with van der Waals surface area (Å²) >= 11 is 1.28. The zero-order valence-electron chi connectivity index (χ0n) is 6.57. The molecule has 0 unspecified atom stereocenters. The molecule has 2 N–H and O–H groups in total. The van der Waals surface area contributed by atoms with Gasteiger partial charge in [0.25, 0.3) is 0 Å². The van der Waals surface area contributed by atoms with Gasteiger partial charge in [-0.25, -0.2) is 9.97 Å². The van der Waals surface area contributed by atoms with Gasteiger partial charge in [-0.1, -0.05) is 0 Å². The SMILES string of the molecule is Nc1nc(-c2cccnc2F)cs1. The average Bonchev–Trinajstić information content (AvgIpc) is 2.53. The zero-order chi connectivity index (χ0) is 9.26. The van der Waals surface area contributed by atoms with Crippen LogP contribution < -0.4 is 5.73 Å². The number of nitrogens with zero attached hydrogens (tertiary/aromatic N) is 2. The predicted molar refractivity (Wildman–Crippen MR) is 49.7 cm³/mol. The maximum atomic E-state index is 13.1. The highest BCUT2D eigenvalue weighted by Gasteiger charge is 2.07. The molecule has 0 saturated carbocycles. The molecule has 0 aromatic carbocycles. The van der Waals surface area contributed by atoms with Gasteiger partial charge in [0.15, 0.2) is 5.13 Å². The Kier molecular flexibility index (Phi) is 1.94. The van der Waals surface area contributed by atoms with E-state index >= 15 is 0 Å². The molecule has 0 atom stereocenters. The molecule has 0 amide bonds. The third kappa shape index (κ3) is 1.50. The Balaban J connectivity index is 2.52. The van der Waals surface area contributed by atoms with E-state index in [9.17, 15) is 4.39 Å². The first kappa shape index (κ1) is 8.12. The molecule has 0 saturated heterocycles. The Hall–Kier alpha value is -1.49. The topological polar surface area (TPSA) is 51.8 Å². The Morgan fingerprint density at radius 1 is 1.46 bits per heavy atom. The van der Waals surface area contributed by atoms with Gasteiger partial charge in [-0.05, 0) is 12.1 Å². The van der Waals surface area contributed by atoms with Crippen LogP contribution in [0.1, 0.15) is 0 Å². The van der Waals surface area contributed by atoms with Gasteiger partial charge in [0.2, 0.25) is 5.95 Å². The maximum absolute atomic E-state index is 13.1. The number of thiazole rings is 1. The summed E-state index contributed by atoms with van der Waals surface area (Å²) < 4.78 is 13.1. The second-order valence-corrected chi connectivity index (χ2v) is 3.30. The van der Waals surface area contributed by atoms with E-state index < -0.39 is 5.95 Å². The summed E-state index contributed by atoms with van der Waals surface area (Å²) in [6.45, 7) is 0. The molecule has 0 radical (unpaired) electrons. The number of nitrogen functional groups attached to an aromatic ring is 1. The molecule has 0 bridgehead atoms. The first-order chi connectivity index (χ1) is 6.27. The fraction of sp³-hybridized carbons (Fsp3) is 0. The van der Waals surface area contributed by atoms with Crippen molar-refractivity contribution in [1.29, 1.82) is 0 Å². The standard InChI is InChI=1S/C8H6FN3S/c9-7-5(2-1-3-11-7)6-4-13-8(10)12-6/h1-4H,(H2,10,12). The minimum Gasteiger partial charge on any atom is -0.375 e. The summed E-state index contributed by atoms with van der Waals surface area (Å²) in [5.74, 6) is -0.521. The summed E-state index contributed by atoms with van der Waals surface area (Å²) in [5.41, 5.74) is 6.35. The molecule has 66 valence electrons. The lowest BCUT2D eigenvalue weighted by Gasteiger charge is -1.95. The third-order valence-electron chi connectivity index (χ3n) is 1.56. The van der Waals surface area contributed by atoms with Crippen LogP contribution >= 0.6 is 11.3 Å². The molecule has 0 aliphatic carbocycles. The van der Waals surface area contributed by atoms with E-state index in [1.54, 1.807) is 17.5 Å². The van der Waals surface area contributed by atoms with Crippen LogP contribution in [0.25, 0.3) is 11.3 Å². The lowest BCUT2D eigenvalue weighted by molar-refractivity contribution is 0.587. The Labute approximate surface area is 78.1 Å². The zero-order valence-corrected chi connectivity index (χ0v) is 7.38. The molecule has 2 rings (SSSR count). The summed E-state index contributed by atoms with van der Waals surface area (Å²) in [6, 6.07) is 3.28. The van der Waals surface area contributed by atoms with Crippen molar-refractivity contribution < 1.29 is 4.39 Å². The van der Waals surface area contributed by atoms with E-state index in [0.29, 0.717) is 16.4 Å². The van der Waals surface area contributed by atoms with Crippen molar-refractivity contribution in [2.24, 2.45) is 0 Å². The summed E-state index contributed by atoms with van der Waals surface area (Å²) in [7, 11) is 0. The third-order valence-corrected chi connectivity index (χ3v) is 2.23. The van der Waals surface area contributed by atoms with Crippen LogP contribution in [0, 0.1) is 5.95 Å². The van der Waals surface area contributed by atoms with Crippen LogP contribution in [0.5, 0.6) is 0 Å². The van der Waals surface area contributed by atoms with Gasteiger partial charge in [-0.15, -0.1) is 11.3 Å². The lowest BCUT2D eigenvalue weighted by Crippen LogP contribution is -1.88. The molecule has 0 aliphatic heterocycles. The molecule has 2 aromatic heterocycles. The molecule has 2 aromatic rings. The van der Waals surface area contributed by atoms with E-state index in [-0.39, 0.29) is 0 Å². The highest BCUT2D eigenvalue weighted by Crippen LogP contribution is 2.23. The predicted octanol–water partition coefficient (Wildman–Crippen LogP) is 1.93. The maximum Gasteiger partial charge on any atom is 0.222 e. The lowest BCUT2D eigenvalue weighted by atomic mass is 10.2. The number of anilines is 1. The molecule has 0 fully saturated rings. The van der Waals surface area contributed by atoms with E-state index in [4.69, 9.17) is 5.73 Å². The number of hydrogen-bond acceptors (Lipinski definition) is 4. The molecule has 0 aliphatic rings. The van der Waals surface area contributed by atoms with Crippen molar-refractivity contribution in [2.45, 2.75) is 0 Å². The fourth-order valence-electron chi connectivity index (χ4n) is 0.988. The Morgan fingerprint density at radius 2 is 2.31 bits per heavy atom. The number of nitrogens with two attached hydrogens (primary N) is 1. The minimum absolute atomic E-state index is 0.385. The number of aromatic nitrogens is 2. The van der Waals surface area contributed by atoms with E-state index in [2.05, 4.69) is 9.97 Å². The van der Waals surface area contributed by atoms with Crippen LogP contribution in [0.15, 0.2) is 23.7 Å². The molecular weight excluding hydrogens is 189 g/mol. The van der Waals surface area contributed by atoms with Crippen LogP contribution in [-0.2, 0) is 0 Å². The molecule has 0 spiro atoms. The summed E-state index contributed by atoms with van der Waals surface area (Å²) in [4.78, 5) is 7.48. The second-order valence-electron chi connectivity index (χ2n) is 2.41. The van der Waals surface area contributed by atoms with Crippen molar-refractivity contribution in [3.05, 3.63) is 29.7 Å². The van der Waals surface area contributed by atoms with Crippen LogP contribution in [0.2, 0.25) is 0 Å². The molecule has 2 heterocycles. The number of rotatable bonds is 1. The monoisotopic (exact) mass is 195 g/mol. The molecule has 5 heteroatoms. The molecule has 13 heavy (non-hydrogen) atoms. The van der Waals surface area contributed by atoms with Crippen molar-refractivity contribution >= 4 is 16.5 Å². The van der Waals surface area contributed by atoms with Gasteiger partial charge in [0, 0.05) is 11.6 Å². The molecule has 3 nitrogen and oxygen atoms in total. The Morgan fingerprint density at radius 3 is 2.92 bits per heavy atom. The largest absolute Gasteiger partial charge is 0.375 e. The van der Waals surface area contributed by atoms with E-state index in [1.807, 2.05) is 0 Å². The average molecular weight is 195 g/mol. The van der Waals surface area contributed by atoms with Gasteiger partial charge in [0.05, 0.1) is 11.3 Å². The van der Waals surface area contributed by atoms with Crippen LogP contribution in [0.3, 0.4) is 0 Å². The smallest absolute Gasteiger partial charge is 0.222 e. The first-order valence-corrected chi connectivity index (χ1v) is 4.47. The van der Waals surface area contributed by atoms with Crippen molar-refractivity contribution in [3.63, 3.8) is 0 Å². The second kappa shape index (κ2) is 3.10. The fourth-order valence-corrected chi connectivity index (χ4v) is 1.55. The van der Waals surface area contributed by atoms with Gasteiger partial charge >= 0.3 is 0 Å².